The molecule has 1 saturated heterocycles. The van der Waals surface area contributed by atoms with Gasteiger partial charge in [0.15, 0.2) is 0 Å². The van der Waals surface area contributed by atoms with Crippen molar-refractivity contribution in [2.75, 3.05) is 6.54 Å². The Balaban J connectivity index is 1.90. The van der Waals surface area contributed by atoms with Crippen LogP contribution in [0.1, 0.15) is 39.0 Å². The van der Waals surface area contributed by atoms with Gasteiger partial charge in [0.2, 0.25) is 0 Å². The second kappa shape index (κ2) is 6.93. The number of hydrogen-bond acceptors (Lipinski definition) is 4. The minimum Gasteiger partial charge on any atom is -0.481 e. The first-order valence-corrected chi connectivity index (χ1v) is 7.59. The standard InChI is InChI=1S/C15H24N2O4/c1-2-11(7-14(18)19)17-12-4-3-9-8-16-13(15(20)21)6-10(9)5-12/h2,9-10,12-13,16-17H,3-8H2,1H3,(H,18,19)(H,20,21)/b11-2+/t9?,10?,12-,13?/m0/s1. The third-order valence-corrected chi connectivity index (χ3v) is 4.68. The number of allylic oxidation sites excluding steroid dienone is 1. The van der Waals surface area contributed by atoms with E-state index in [4.69, 9.17) is 10.2 Å². The molecule has 0 aromatic carbocycles. The zero-order valence-electron chi connectivity index (χ0n) is 12.3. The van der Waals surface area contributed by atoms with Crippen LogP contribution >= 0.6 is 0 Å². The summed E-state index contributed by atoms with van der Waals surface area (Å²) in [5.74, 6) is -0.658. The van der Waals surface area contributed by atoms with Crippen LogP contribution in [-0.4, -0.2) is 40.8 Å². The van der Waals surface area contributed by atoms with Gasteiger partial charge in [-0.25, -0.2) is 0 Å². The maximum Gasteiger partial charge on any atom is 0.320 e. The summed E-state index contributed by atoms with van der Waals surface area (Å²) in [4.78, 5) is 21.9. The summed E-state index contributed by atoms with van der Waals surface area (Å²) < 4.78 is 0. The lowest BCUT2D eigenvalue weighted by molar-refractivity contribution is -0.141. The molecule has 2 rings (SSSR count). The normalized spacial score (nSPS) is 33.1. The summed E-state index contributed by atoms with van der Waals surface area (Å²) in [5.41, 5.74) is 0.745. The summed E-state index contributed by atoms with van der Waals surface area (Å²) in [6, 6.07) is -0.186. The molecule has 1 aliphatic carbocycles. The van der Waals surface area contributed by atoms with Gasteiger partial charge in [-0.15, -0.1) is 0 Å². The fourth-order valence-electron chi connectivity index (χ4n) is 3.54. The summed E-state index contributed by atoms with van der Waals surface area (Å²) in [5, 5.41) is 24.4. The van der Waals surface area contributed by atoms with E-state index in [1.165, 1.54) is 0 Å². The molecule has 2 aliphatic rings. The van der Waals surface area contributed by atoms with E-state index in [-0.39, 0.29) is 12.5 Å². The van der Waals surface area contributed by atoms with E-state index in [1.54, 1.807) is 0 Å². The van der Waals surface area contributed by atoms with Gasteiger partial charge in [-0.3, -0.25) is 9.59 Å². The van der Waals surface area contributed by atoms with Crippen molar-refractivity contribution >= 4 is 11.9 Å². The number of carboxylic acid groups (broad SMARTS) is 2. The van der Waals surface area contributed by atoms with Crippen LogP contribution in [0.2, 0.25) is 0 Å². The SMILES string of the molecule is C/C=C(\CC(=O)O)N[C@H]1CCC2CNC(C(=O)O)CC2C1. The van der Waals surface area contributed by atoms with Crippen molar-refractivity contribution in [1.29, 1.82) is 0 Å². The van der Waals surface area contributed by atoms with Gasteiger partial charge in [-0.05, 0) is 51.0 Å². The number of aliphatic carboxylic acids is 2. The van der Waals surface area contributed by atoms with Gasteiger partial charge in [0, 0.05) is 11.7 Å². The Bertz CT molecular complexity index is 435. The molecule has 118 valence electrons. The molecule has 4 N–H and O–H groups in total. The Morgan fingerprint density at radius 3 is 2.62 bits per heavy atom. The van der Waals surface area contributed by atoms with Crippen LogP contribution in [0.5, 0.6) is 0 Å². The molecule has 1 heterocycles. The van der Waals surface area contributed by atoms with Crippen LogP contribution in [0.4, 0.5) is 0 Å². The van der Waals surface area contributed by atoms with Crippen LogP contribution in [0.3, 0.4) is 0 Å². The van der Waals surface area contributed by atoms with Gasteiger partial charge in [-0.1, -0.05) is 6.08 Å². The Kier molecular flexibility index (Phi) is 5.22. The molecule has 1 saturated carbocycles. The van der Waals surface area contributed by atoms with Crippen molar-refractivity contribution in [2.24, 2.45) is 11.8 Å². The first kappa shape index (κ1) is 15.8. The highest BCUT2D eigenvalue weighted by Gasteiger charge is 2.37. The first-order chi connectivity index (χ1) is 9.99. The van der Waals surface area contributed by atoms with Gasteiger partial charge in [0.25, 0.3) is 0 Å². The Labute approximate surface area is 124 Å². The maximum atomic E-state index is 11.1. The van der Waals surface area contributed by atoms with Crippen molar-refractivity contribution in [1.82, 2.24) is 10.6 Å². The molecular formula is C15H24N2O4. The molecule has 4 atom stereocenters. The highest BCUT2D eigenvalue weighted by molar-refractivity contribution is 5.73. The van der Waals surface area contributed by atoms with Crippen molar-refractivity contribution in [3.05, 3.63) is 11.8 Å². The Morgan fingerprint density at radius 2 is 2.00 bits per heavy atom. The van der Waals surface area contributed by atoms with Crippen LogP contribution < -0.4 is 10.6 Å². The largest absolute Gasteiger partial charge is 0.481 e. The third kappa shape index (κ3) is 4.20. The third-order valence-electron chi connectivity index (χ3n) is 4.68. The van der Waals surface area contributed by atoms with Crippen molar-refractivity contribution in [3.63, 3.8) is 0 Å². The van der Waals surface area contributed by atoms with Crippen LogP contribution in [0.15, 0.2) is 11.8 Å². The van der Waals surface area contributed by atoms with E-state index >= 15 is 0 Å². The monoisotopic (exact) mass is 296 g/mol. The van der Waals surface area contributed by atoms with Crippen LogP contribution in [-0.2, 0) is 9.59 Å². The van der Waals surface area contributed by atoms with Gasteiger partial charge in [0.05, 0.1) is 6.42 Å². The highest BCUT2D eigenvalue weighted by Crippen LogP contribution is 2.36. The van der Waals surface area contributed by atoms with Crippen molar-refractivity contribution in [3.8, 4) is 0 Å². The molecule has 2 fully saturated rings. The van der Waals surface area contributed by atoms with E-state index < -0.39 is 18.0 Å². The topological polar surface area (TPSA) is 98.7 Å². The minimum absolute atomic E-state index is 0.0143. The molecule has 6 nitrogen and oxygen atoms in total. The molecular weight excluding hydrogens is 272 g/mol. The number of carboxylic acids is 2. The number of hydrogen-bond donors (Lipinski definition) is 4. The van der Waals surface area contributed by atoms with Crippen LogP contribution in [0, 0.1) is 11.8 Å². The maximum absolute atomic E-state index is 11.1. The second-order valence-corrected chi connectivity index (χ2v) is 6.09. The van der Waals surface area contributed by atoms with E-state index in [2.05, 4.69) is 10.6 Å². The number of fused-ring (bicyclic) bond motifs is 1. The Hall–Kier alpha value is -1.56. The summed E-state index contributed by atoms with van der Waals surface area (Å²) in [6.07, 6.45) is 5.49. The number of nitrogens with one attached hydrogen (secondary N) is 2. The van der Waals surface area contributed by atoms with E-state index in [1.807, 2.05) is 13.0 Å². The lowest BCUT2D eigenvalue weighted by Gasteiger charge is -2.42. The molecule has 0 spiro atoms. The summed E-state index contributed by atoms with van der Waals surface area (Å²) in [6.45, 7) is 2.61. The summed E-state index contributed by atoms with van der Waals surface area (Å²) >= 11 is 0. The number of piperidine rings is 1. The molecule has 0 aromatic rings. The molecule has 1 aliphatic heterocycles. The molecule has 6 heteroatoms. The average molecular weight is 296 g/mol. The summed E-state index contributed by atoms with van der Waals surface area (Å²) in [7, 11) is 0. The Morgan fingerprint density at radius 1 is 1.24 bits per heavy atom. The smallest absolute Gasteiger partial charge is 0.320 e. The average Bonchev–Trinajstić information content (AvgIpc) is 2.45. The molecule has 0 bridgehead atoms. The van der Waals surface area contributed by atoms with Crippen molar-refractivity contribution in [2.45, 2.75) is 51.1 Å². The quantitative estimate of drug-likeness (QED) is 0.608. The molecule has 0 radical (unpaired) electrons. The van der Waals surface area contributed by atoms with E-state index in [9.17, 15) is 9.59 Å². The van der Waals surface area contributed by atoms with E-state index in [0.717, 1.165) is 31.5 Å². The van der Waals surface area contributed by atoms with Gasteiger partial charge in [0.1, 0.15) is 6.04 Å². The number of carbonyl (C=O) groups is 2. The fourth-order valence-corrected chi connectivity index (χ4v) is 3.54. The zero-order chi connectivity index (χ0) is 15.4. The predicted molar refractivity (Wildman–Crippen MR) is 77.8 cm³/mol. The zero-order valence-corrected chi connectivity index (χ0v) is 12.3. The molecule has 0 aromatic heterocycles. The lowest BCUT2D eigenvalue weighted by atomic mass is 9.72. The van der Waals surface area contributed by atoms with E-state index in [0.29, 0.717) is 18.3 Å². The minimum atomic E-state index is -0.836. The van der Waals surface area contributed by atoms with Gasteiger partial charge < -0.3 is 20.8 Å². The van der Waals surface area contributed by atoms with Gasteiger partial charge in [-0.2, -0.15) is 0 Å². The molecule has 21 heavy (non-hydrogen) atoms. The predicted octanol–water partition coefficient (Wildman–Crippen LogP) is 1.19. The fraction of sp³-hybridized carbons (Fsp3) is 0.733. The van der Waals surface area contributed by atoms with Gasteiger partial charge >= 0.3 is 11.9 Å². The highest BCUT2D eigenvalue weighted by atomic mass is 16.4. The number of rotatable bonds is 5. The molecule has 0 amide bonds. The van der Waals surface area contributed by atoms with Crippen LogP contribution in [0.25, 0.3) is 0 Å². The lowest BCUT2D eigenvalue weighted by Crippen LogP contribution is -2.51. The van der Waals surface area contributed by atoms with Crippen molar-refractivity contribution < 1.29 is 19.8 Å². The second-order valence-electron chi connectivity index (χ2n) is 6.09. The molecule has 3 unspecified atom stereocenters. The first-order valence-electron chi connectivity index (χ1n) is 7.59.